The van der Waals surface area contributed by atoms with E-state index in [-0.39, 0.29) is 23.4 Å². The Bertz CT molecular complexity index is 1060. The van der Waals surface area contributed by atoms with Crippen molar-refractivity contribution in [2.75, 3.05) is 32.6 Å². The summed E-state index contributed by atoms with van der Waals surface area (Å²) in [4.78, 5) is 27.0. The molecule has 1 fully saturated rings. The second-order valence-electron chi connectivity index (χ2n) is 8.84. The normalized spacial score (nSPS) is 17.9. The number of benzene rings is 2. The molecule has 1 aliphatic rings. The van der Waals surface area contributed by atoms with Gasteiger partial charge in [0.1, 0.15) is 0 Å². The van der Waals surface area contributed by atoms with E-state index in [1.54, 1.807) is 25.2 Å². The fraction of sp³-hybridized carbons (Fsp3) is 0.462. The molecule has 2 aromatic rings. The Balaban J connectivity index is 1.52. The number of alkyl halides is 3. The summed E-state index contributed by atoms with van der Waals surface area (Å²) < 4.78 is 49.4. The molecule has 7 nitrogen and oxygen atoms in total. The molecule has 1 heterocycles. The maximum atomic E-state index is 13.0. The lowest BCUT2D eigenvalue weighted by Gasteiger charge is -2.38. The molecule has 1 saturated heterocycles. The van der Waals surface area contributed by atoms with Crippen molar-refractivity contribution >= 4 is 17.6 Å². The molecule has 0 aromatic heterocycles. The van der Waals surface area contributed by atoms with Crippen LogP contribution in [0.25, 0.3) is 0 Å². The van der Waals surface area contributed by atoms with Gasteiger partial charge in [-0.25, -0.2) is 4.79 Å². The molecule has 2 N–H and O–H groups in total. The minimum absolute atomic E-state index is 0.0740. The van der Waals surface area contributed by atoms with Crippen molar-refractivity contribution in [3.63, 3.8) is 0 Å². The van der Waals surface area contributed by atoms with E-state index in [1.165, 1.54) is 12.1 Å². The van der Waals surface area contributed by atoms with Crippen molar-refractivity contribution in [1.82, 2.24) is 10.2 Å². The van der Waals surface area contributed by atoms with Crippen LogP contribution in [0.15, 0.2) is 42.5 Å². The number of nitrogens with zero attached hydrogens (tertiary/aromatic N) is 1. The molecule has 0 spiro atoms. The van der Waals surface area contributed by atoms with E-state index < -0.39 is 17.8 Å². The Morgan fingerprint density at radius 1 is 1.06 bits per heavy atom. The van der Waals surface area contributed by atoms with E-state index in [4.69, 9.17) is 9.47 Å². The van der Waals surface area contributed by atoms with Gasteiger partial charge >= 0.3 is 12.2 Å². The van der Waals surface area contributed by atoms with Gasteiger partial charge in [-0.15, -0.1) is 0 Å². The highest BCUT2D eigenvalue weighted by Crippen LogP contribution is 2.32. The molecule has 196 valence electrons. The molecule has 0 aliphatic carbocycles. The number of anilines is 1. The average Bonchev–Trinajstić information content (AvgIpc) is 2.87. The monoisotopic (exact) mass is 507 g/mol. The molecular weight excluding hydrogens is 475 g/mol. The highest BCUT2D eigenvalue weighted by Gasteiger charge is 2.33. The molecular formula is C26H32F3N3O4. The molecule has 36 heavy (non-hydrogen) atoms. The summed E-state index contributed by atoms with van der Waals surface area (Å²) in [6.45, 7) is 3.23. The van der Waals surface area contributed by atoms with E-state index in [0.717, 1.165) is 24.1 Å². The lowest BCUT2D eigenvalue weighted by molar-refractivity contribution is -0.137. The van der Waals surface area contributed by atoms with Crippen molar-refractivity contribution in [3.05, 3.63) is 53.6 Å². The van der Waals surface area contributed by atoms with Gasteiger partial charge in [0.25, 0.3) is 0 Å². The highest BCUT2D eigenvalue weighted by atomic mass is 19.4. The zero-order valence-corrected chi connectivity index (χ0v) is 20.7. The fourth-order valence-corrected chi connectivity index (χ4v) is 4.47. The Kier molecular flexibility index (Phi) is 9.06. The molecule has 10 heteroatoms. The van der Waals surface area contributed by atoms with E-state index in [2.05, 4.69) is 10.6 Å². The van der Waals surface area contributed by atoms with Crippen molar-refractivity contribution in [3.8, 4) is 11.5 Å². The first-order valence-corrected chi connectivity index (χ1v) is 11.8. The maximum absolute atomic E-state index is 13.0. The third kappa shape index (κ3) is 7.05. The second kappa shape index (κ2) is 12.0. The number of carbonyl (C=O) groups is 2. The number of nitrogens with one attached hydrogen (secondary N) is 2. The van der Waals surface area contributed by atoms with Crippen LogP contribution in [0, 0.1) is 11.8 Å². The minimum atomic E-state index is -4.48. The molecule has 0 radical (unpaired) electrons. The zero-order valence-electron chi connectivity index (χ0n) is 20.7. The van der Waals surface area contributed by atoms with Crippen molar-refractivity contribution in [2.45, 2.75) is 38.9 Å². The van der Waals surface area contributed by atoms with Crippen LogP contribution in [0.1, 0.15) is 37.3 Å². The quantitative estimate of drug-likeness (QED) is 0.508. The van der Waals surface area contributed by atoms with Gasteiger partial charge in [-0.1, -0.05) is 25.5 Å². The van der Waals surface area contributed by atoms with Gasteiger partial charge < -0.3 is 25.0 Å². The van der Waals surface area contributed by atoms with Crippen LogP contribution >= 0.6 is 0 Å². The summed E-state index contributed by atoms with van der Waals surface area (Å²) in [7, 11) is 3.11. The van der Waals surface area contributed by atoms with Crippen LogP contribution < -0.4 is 20.1 Å². The van der Waals surface area contributed by atoms with Gasteiger partial charge in [0.15, 0.2) is 11.5 Å². The van der Waals surface area contributed by atoms with Crippen LogP contribution in [0.4, 0.5) is 23.7 Å². The maximum Gasteiger partial charge on any atom is 0.416 e. The van der Waals surface area contributed by atoms with Crippen LogP contribution in [0.3, 0.4) is 0 Å². The van der Waals surface area contributed by atoms with Gasteiger partial charge in [0, 0.05) is 31.7 Å². The standard InChI is InChI=1S/C26H32F3N3O4/c1-4-18-16-32(25(34)31-21-7-5-6-20(14-21)26(27,28)29)11-10-19(18)13-24(33)30-15-17-8-9-22(35-2)23(12-17)36-3/h5-9,12,14,18-19H,4,10-11,13,15-16H2,1-3H3,(H,30,33)(H,31,34)/t18-,19-/m0/s1. The molecule has 3 rings (SSSR count). The summed E-state index contributed by atoms with van der Waals surface area (Å²) in [5.41, 5.74) is 0.165. The molecule has 0 unspecified atom stereocenters. The van der Waals surface area contributed by atoms with Crippen LogP contribution in [0.5, 0.6) is 11.5 Å². The van der Waals surface area contributed by atoms with Crippen LogP contribution in [0.2, 0.25) is 0 Å². The predicted octanol–water partition coefficient (Wildman–Crippen LogP) is 5.31. The third-order valence-corrected chi connectivity index (χ3v) is 6.53. The van der Waals surface area contributed by atoms with Gasteiger partial charge in [-0.2, -0.15) is 13.2 Å². The lowest BCUT2D eigenvalue weighted by atomic mass is 9.81. The Morgan fingerprint density at radius 3 is 2.47 bits per heavy atom. The number of hydrogen-bond donors (Lipinski definition) is 2. The van der Waals surface area contributed by atoms with Crippen molar-refractivity contribution < 1.29 is 32.2 Å². The number of amides is 3. The summed E-state index contributed by atoms with van der Waals surface area (Å²) in [6, 6.07) is 9.60. The van der Waals surface area contributed by atoms with E-state index >= 15 is 0 Å². The largest absolute Gasteiger partial charge is 0.493 e. The van der Waals surface area contributed by atoms with E-state index in [9.17, 15) is 22.8 Å². The number of likely N-dealkylation sites (tertiary alicyclic amines) is 1. The summed E-state index contributed by atoms with van der Waals surface area (Å²) in [6.07, 6.45) is -2.72. The van der Waals surface area contributed by atoms with E-state index in [0.29, 0.717) is 44.0 Å². The Morgan fingerprint density at radius 2 is 1.81 bits per heavy atom. The summed E-state index contributed by atoms with van der Waals surface area (Å²) in [5.74, 6) is 1.35. The molecule has 1 aliphatic heterocycles. The smallest absolute Gasteiger partial charge is 0.416 e. The number of rotatable bonds is 8. The number of halogens is 3. The topological polar surface area (TPSA) is 79.9 Å². The third-order valence-electron chi connectivity index (χ3n) is 6.53. The number of hydrogen-bond acceptors (Lipinski definition) is 4. The summed E-state index contributed by atoms with van der Waals surface area (Å²) >= 11 is 0. The van der Waals surface area contributed by atoms with Crippen LogP contribution in [-0.2, 0) is 17.5 Å². The van der Waals surface area contributed by atoms with Gasteiger partial charge in [0.05, 0.1) is 19.8 Å². The van der Waals surface area contributed by atoms with Crippen molar-refractivity contribution in [1.29, 1.82) is 0 Å². The van der Waals surface area contributed by atoms with Gasteiger partial charge in [-0.3, -0.25) is 4.79 Å². The highest BCUT2D eigenvalue weighted by molar-refractivity contribution is 5.89. The van der Waals surface area contributed by atoms with E-state index in [1.807, 2.05) is 19.1 Å². The molecule has 3 amide bonds. The molecule has 2 atom stereocenters. The predicted molar refractivity (Wildman–Crippen MR) is 130 cm³/mol. The lowest BCUT2D eigenvalue weighted by Crippen LogP contribution is -2.46. The summed E-state index contributed by atoms with van der Waals surface area (Å²) in [5, 5.41) is 5.51. The number of urea groups is 1. The van der Waals surface area contributed by atoms with Gasteiger partial charge in [0.2, 0.25) is 5.91 Å². The first-order chi connectivity index (χ1) is 17.1. The first kappa shape index (κ1) is 27.2. The second-order valence-corrected chi connectivity index (χ2v) is 8.84. The number of methoxy groups -OCH3 is 2. The zero-order chi connectivity index (χ0) is 26.3. The molecule has 0 bridgehead atoms. The Labute approximate surface area is 208 Å². The first-order valence-electron chi connectivity index (χ1n) is 11.8. The fourth-order valence-electron chi connectivity index (χ4n) is 4.47. The minimum Gasteiger partial charge on any atom is -0.493 e. The molecule has 2 aromatic carbocycles. The van der Waals surface area contributed by atoms with Gasteiger partial charge in [-0.05, 0) is 54.2 Å². The van der Waals surface area contributed by atoms with Crippen LogP contribution in [-0.4, -0.2) is 44.1 Å². The van der Waals surface area contributed by atoms with Crippen molar-refractivity contribution in [2.24, 2.45) is 11.8 Å². The number of ether oxygens (including phenoxy) is 2. The molecule has 0 saturated carbocycles. The average molecular weight is 508 g/mol. The number of piperidine rings is 1. The Hall–Kier alpha value is -3.43. The SMILES string of the molecule is CC[C@H]1CN(C(=O)Nc2cccc(C(F)(F)F)c2)CC[C@H]1CC(=O)NCc1ccc(OC)c(OC)c1. The number of carbonyl (C=O) groups excluding carboxylic acids is 2.